The molecule has 0 radical (unpaired) electrons. The number of nitrogens with one attached hydrogen (secondary N) is 2. The van der Waals surface area contributed by atoms with Crippen LogP contribution in [0.2, 0.25) is 5.02 Å². The number of halogens is 1. The maximum Gasteiger partial charge on any atom is 0.326 e. The molecule has 2 aromatic heterocycles. The fourth-order valence-electron chi connectivity index (χ4n) is 4.16. The Bertz CT molecular complexity index is 1270. The van der Waals surface area contributed by atoms with Crippen molar-refractivity contribution in [2.45, 2.75) is 38.8 Å². The van der Waals surface area contributed by atoms with Crippen LogP contribution in [-0.2, 0) is 6.54 Å². The van der Waals surface area contributed by atoms with Crippen LogP contribution in [0.1, 0.15) is 32.2 Å². The summed E-state index contributed by atoms with van der Waals surface area (Å²) >= 11 is 6.05. The molecule has 2 aromatic carbocycles. The van der Waals surface area contributed by atoms with Gasteiger partial charge in [0.05, 0.1) is 35.2 Å². The number of aryl methyl sites for hydroxylation is 1. The van der Waals surface area contributed by atoms with Gasteiger partial charge in [-0.15, -0.1) is 0 Å². The number of hydrogen-bond donors (Lipinski definition) is 3. The monoisotopic (exact) mass is 428 g/mol. The molecule has 0 bridgehead atoms. The van der Waals surface area contributed by atoms with Crippen molar-refractivity contribution in [1.82, 2.24) is 19.1 Å². The van der Waals surface area contributed by atoms with Crippen molar-refractivity contribution in [3.8, 4) is 0 Å². The molecule has 0 aliphatic rings. The highest BCUT2D eigenvalue weighted by Crippen LogP contribution is 2.22. The molecule has 1 unspecified atom stereocenters. The van der Waals surface area contributed by atoms with E-state index in [-0.39, 0.29) is 17.4 Å². The summed E-state index contributed by atoms with van der Waals surface area (Å²) in [7, 11) is 0. The maximum absolute atomic E-state index is 12.5. The lowest BCUT2D eigenvalue weighted by Crippen LogP contribution is -2.84. The lowest BCUT2D eigenvalue weighted by Gasteiger charge is -2.16. The third-order valence-corrected chi connectivity index (χ3v) is 5.93. The van der Waals surface area contributed by atoms with Crippen molar-refractivity contribution in [3.05, 3.63) is 68.5 Å². The van der Waals surface area contributed by atoms with E-state index in [4.69, 9.17) is 11.6 Å². The lowest BCUT2D eigenvalue weighted by atomic mass is 10.1. The molecule has 2 heterocycles. The SMILES string of the molecule is CCC(CC[NH2+]CCCn1c(=O)[nH]c2ccccc21)n1c(=O)[nH]c2cc(Cl)ccc21. The van der Waals surface area contributed by atoms with E-state index >= 15 is 0 Å². The molecule has 0 aliphatic heterocycles. The summed E-state index contributed by atoms with van der Waals surface area (Å²) in [5.41, 5.74) is 3.36. The second-order valence-corrected chi connectivity index (χ2v) is 8.07. The normalized spacial score (nSPS) is 12.7. The minimum absolute atomic E-state index is 0.0546. The quantitative estimate of drug-likeness (QED) is 0.357. The van der Waals surface area contributed by atoms with Gasteiger partial charge in [-0.1, -0.05) is 30.7 Å². The summed E-state index contributed by atoms with van der Waals surface area (Å²) in [6.07, 6.45) is 2.69. The Kier molecular flexibility index (Phi) is 6.11. The van der Waals surface area contributed by atoms with Gasteiger partial charge in [-0.05, 0) is 36.8 Å². The number of aromatic amines is 2. The van der Waals surface area contributed by atoms with Crippen molar-refractivity contribution in [1.29, 1.82) is 0 Å². The van der Waals surface area contributed by atoms with Crippen LogP contribution in [-0.4, -0.2) is 32.2 Å². The van der Waals surface area contributed by atoms with Gasteiger partial charge in [0, 0.05) is 30.5 Å². The Labute approximate surface area is 178 Å². The van der Waals surface area contributed by atoms with E-state index in [1.54, 1.807) is 10.6 Å². The maximum atomic E-state index is 12.5. The molecule has 158 valence electrons. The molecule has 0 fully saturated rings. The van der Waals surface area contributed by atoms with Crippen LogP contribution in [0, 0.1) is 0 Å². The number of aromatic nitrogens is 4. The van der Waals surface area contributed by atoms with Crippen molar-refractivity contribution >= 4 is 33.7 Å². The van der Waals surface area contributed by atoms with Gasteiger partial charge in [-0.2, -0.15) is 0 Å². The van der Waals surface area contributed by atoms with Gasteiger partial charge in [0.15, 0.2) is 0 Å². The summed E-state index contributed by atoms with van der Waals surface area (Å²) in [6, 6.07) is 13.4. The highest BCUT2D eigenvalue weighted by molar-refractivity contribution is 6.31. The molecule has 0 amide bonds. The summed E-state index contributed by atoms with van der Waals surface area (Å²) in [4.78, 5) is 30.4. The van der Waals surface area contributed by atoms with E-state index in [1.807, 2.05) is 41.0 Å². The number of nitrogens with two attached hydrogens (primary N) is 1. The van der Waals surface area contributed by atoms with Gasteiger partial charge < -0.3 is 15.3 Å². The molecule has 0 saturated carbocycles. The number of H-pyrrole nitrogens is 2. The third kappa shape index (κ3) is 4.08. The summed E-state index contributed by atoms with van der Waals surface area (Å²) < 4.78 is 3.65. The first-order valence-corrected chi connectivity index (χ1v) is 10.8. The number of hydrogen-bond acceptors (Lipinski definition) is 2. The van der Waals surface area contributed by atoms with Gasteiger partial charge in [0.2, 0.25) is 0 Å². The zero-order valence-electron chi connectivity index (χ0n) is 17.0. The van der Waals surface area contributed by atoms with Crippen LogP contribution < -0.4 is 16.7 Å². The Hall–Kier alpha value is -2.77. The Morgan fingerprint density at radius 2 is 1.80 bits per heavy atom. The minimum atomic E-state index is -0.0853. The summed E-state index contributed by atoms with van der Waals surface area (Å²) in [6.45, 7) is 4.66. The number of rotatable bonds is 9. The van der Waals surface area contributed by atoms with Crippen LogP contribution in [0.25, 0.3) is 22.1 Å². The largest absolute Gasteiger partial charge is 0.346 e. The zero-order chi connectivity index (χ0) is 21.1. The van der Waals surface area contributed by atoms with E-state index in [2.05, 4.69) is 22.2 Å². The lowest BCUT2D eigenvalue weighted by molar-refractivity contribution is -0.656. The van der Waals surface area contributed by atoms with Gasteiger partial charge in [0.25, 0.3) is 0 Å². The summed E-state index contributed by atoms with van der Waals surface area (Å²) in [5, 5.41) is 2.88. The minimum Gasteiger partial charge on any atom is -0.346 e. The number of quaternary nitrogens is 1. The molecular weight excluding hydrogens is 402 g/mol. The predicted octanol–water partition coefficient (Wildman–Crippen LogP) is 2.62. The van der Waals surface area contributed by atoms with Crippen molar-refractivity contribution in [2.24, 2.45) is 0 Å². The number of imidazole rings is 2. The van der Waals surface area contributed by atoms with Crippen molar-refractivity contribution in [2.75, 3.05) is 13.1 Å². The molecule has 1 atom stereocenters. The number of nitrogens with zero attached hydrogens (tertiary/aromatic N) is 2. The number of para-hydroxylation sites is 2. The van der Waals surface area contributed by atoms with Gasteiger partial charge in [-0.3, -0.25) is 9.13 Å². The molecule has 4 aromatic rings. The Morgan fingerprint density at radius 3 is 2.63 bits per heavy atom. The molecule has 8 heteroatoms. The van der Waals surface area contributed by atoms with Crippen LogP contribution in [0.5, 0.6) is 0 Å². The average molecular weight is 429 g/mol. The first-order chi connectivity index (χ1) is 14.6. The molecule has 0 spiro atoms. The van der Waals surface area contributed by atoms with Crippen LogP contribution in [0.15, 0.2) is 52.1 Å². The molecule has 0 aliphatic carbocycles. The fourth-order valence-corrected chi connectivity index (χ4v) is 4.33. The highest BCUT2D eigenvalue weighted by atomic mass is 35.5. The van der Waals surface area contributed by atoms with E-state index in [9.17, 15) is 9.59 Å². The zero-order valence-corrected chi connectivity index (χ0v) is 17.8. The third-order valence-electron chi connectivity index (χ3n) is 5.69. The predicted molar refractivity (Wildman–Crippen MR) is 120 cm³/mol. The van der Waals surface area contributed by atoms with E-state index < -0.39 is 0 Å². The topological polar surface area (TPSA) is 92.2 Å². The number of fused-ring (bicyclic) bond motifs is 2. The van der Waals surface area contributed by atoms with Gasteiger partial charge >= 0.3 is 11.4 Å². The van der Waals surface area contributed by atoms with Gasteiger partial charge in [0.1, 0.15) is 0 Å². The molecule has 4 N–H and O–H groups in total. The average Bonchev–Trinajstić information content (AvgIpc) is 3.22. The van der Waals surface area contributed by atoms with Crippen molar-refractivity contribution in [3.63, 3.8) is 0 Å². The van der Waals surface area contributed by atoms with Gasteiger partial charge in [-0.25, -0.2) is 9.59 Å². The van der Waals surface area contributed by atoms with Crippen LogP contribution >= 0.6 is 11.6 Å². The Morgan fingerprint density at radius 1 is 1.00 bits per heavy atom. The van der Waals surface area contributed by atoms with Crippen LogP contribution in [0.4, 0.5) is 0 Å². The van der Waals surface area contributed by atoms with E-state index in [0.717, 1.165) is 54.4 Å². The first kappa shape index (κ1) is 20.5. The fraction of sp³-hybridized carbons (Fsp3) is 0.364. The standard InChI is InChI=1S/C22H26ClN5O2/c1-2-16(28-20-9-8-15(23)14-18(20)26-22(28)30)10-12-24-11-5-13-27-19-7-4-3-6-17(19)25-21(27)29/h3-4,6-9,14,16,24H,2,5,10-13H2,1H3,(H,25,29)(H,26,30)/p+1. The second-order valence-electron chi connectivity index (χ2n) is 7.63. The smallest absolute Gasteiger partial charge is 0.326 e. The highest BCUT2D eigenvalue weighted by Gasteiger charge is 2.16. The molecule has 4 rings (SSSR count). The molecule has 7 nitrogen and oxygen atoms in total. The summed E-state index contributed by atoms with van der Waals surface area (Å²) in [5.74, 6) is 0. The number of benzene rings is 2. The van der Waals surface area contributed by atoms with Crippen molar-refractivity contribution < 1.29 is 5.32 Å². The van der Waals surface area contributed by atoms with E-state index in [0.29, 0.717) is 11.6 Å². The van der Waals surface area contributed by atoms with E-state index in [1.165, 1.54) is 0 Å². The molecular formula is C22H27ClN5O2+. The molecule has 0 saturated heterocycles. The second kappa shape index (κ2) is 8.93. The van der Waals surface area contributed by atoms with Crippen LogP contribution in [0.3, 0.4) is 0 Å². The Balaban J connectivity index is 1.32. The molecule has 30 heavy (non-hydrogen) atoms. The first-order valence-electron chi connectivity index (χ1n) is 10.5.